The first-order valence-corrected chi connectivity index (χ1v) is 4.78. The van der Waals surface area contributed by atoms with Crippen molar-refractivity contribution >= 4 is 0 Å². The van der Waals surface area contributed by atoms with E-state index in [9.17, 15) is 0 Å². The molecule has 0 bridgehead atoms. The van der Waals surface area contributed by atoms with Crippen LogP contribution in [-0.2, 0) is 6.42 Å². The Hall–Kier alpha value is -1.95. The van der Waals surface area contributed by atoms with E-state index in [1.165, 1.54) is 11.1 Å². The number of ether oxygens (including phenoxy) is 1. The molecule has 1 aromatic rings. The van der Waals surface area contributed by atoms with Crippen molar-refractivity contribution in [1.82, 2.24) is 0 Å². The molecule has 0 atom stereocenters. The van der Waals surface area contributed by atoms with Crippen LogP contribution >= 0.6 is 0 Å². The van der Waals surface area contributed by atoms with E-state index < -0.39 is 0 Å². The molecular formula is C12H12N2O. The summed E-state index contributed by atoms with van der Waals surface area (Å²) >= 11 is 0. The molecule has 15 heavy (non-hydrogen) atoms. The Morgan fingerprint density at radius 3 is 2.67 bits per heavy atom. The van der Waals surface area contributed by atoms with Crippen LogP contribution in [0.3, 0.4) is 0 Å². The lowest BCUT2D eigenvalue weighted by atomic mass is 9.98. The van der Waals surface area contributed by atoms with Crippen LogP contribution in [0.2, 0.25) is 0 Å². The fraction of sp³-hybridized carbons (Fsp3) is 0.250. The Morgan fingerprint density at radius 1 is 1.33 bits per heavy atom. The zero-order chi connectivity index (χ0) is 11.0. The smallest absolute Gasteiger partial charge is 0.205 e. The summed E-state index contributed by atoms with van der Waals surface area (Å²) in [7, 11) is 0. The van der Waals surface area contributed by atoms with E-state index in [1.807, 2.05) is 19.9 Å². The van der Waals surface area contributed by atoms with E-state index in [1.54, 1.807) is 0 Å². The molecule has 1 aliphatic rings. The highest BCUT2D eigenvalue weighted by molar-refractivity contribution is 5.49. The zero-order valence-corrected chi connectivity index (χ0v) is 8.79. The second kappa shape index (κ2) is 3.32. The highest BCUT2D eigenvalue weighted by Gasteiger charge is 2.18. The minimum Gasteiger partial charge on any atom is -0.440 e. The average Bonchev–Trinajstić information content (AvgIpc) is 2.20. The van der Waals surface area contributed by atoms with Gasteiger partial charge in [-0.1, -0.05) is 6.07 Å². The maximum absolute atomic E-state index is 8.84. The number of nitrogens with two attached hydrogens (primary N) is 1. The third kappa shape index (κ3) is 1.55. The molecule has 3 nitrogen and oxygen atoms in total. The molecule has 1 aliphatic heterocycles. The van der Waals surface area contributed by atoms with Crippen LogP contribution in [0.4, 0.5) is 0 Å². The molecule has 0 spiro atoms. The Bertz CT molecular complexity index is 495. The van der Waals surface area contributed by atoms with Crippen LogP contribution in [0.1, 0.15) is 16.7 Å². The van der Waals surface area contributed by atoms with Crippen molar-refractivity contribution in [2.75, 3.05) is 0 Å². The first kappa shape index (κ1) is 9.60. The molecule has 0 amide bonds. The van der Waals surface area contributed by atoms with Gasteiger partial charge in [-0.2, -0.15) is 5.26 Å². The highest BCUT2D eigenvalue weighted by atomic mass is 16.5. The minimum atomic E-state index is 0.230. The first-order chi connectivity index (χ1) is 7.11. The van der Waals surface area contributed by atoms with Crippen molar-refractivity contribution in [3.63, 3.8) is 0 Å². The summed E-state index contributed by atoms with van der Waals surface area (Å²) in [6.07, 6.45) is 0.568. The lowest BCUT2D eigenvalue weighted by Crippen LogP contribution is -2.16. The van der Waals surface area contributed by atoms with Gasteiger partial charge in [0.05, 0.1) is 5.57 Å². The lowest BCUT2D eigenvalue weighted by Gasteiger charge is -2.19. The van der Waals surface area contributed by atoms with Gasteiger partial charge < -0.3 is 10.5 Å². The van der Waals surface area contributed by atoms with E-state index >= 15 is 0 Å². The number of hydrogen-bond donors (Lipinski definition) is 1. The quantitative estimate of drug-likeness (QED) is 0.696. The van der Waals surface area contributed by atoms with Gasteiger partial charge in [0, 0.05) is 12.0 Å². The van der Waals surface area contributed by atoms with E-state index in [0.29, 0.717) is 12.0 Å². The number of nitrogens with zero attached hydrogens (tertiary/aromatic N) is 1. The molecule has 0 aromatic heterocycles. The second-order valence-corrected chi connectivity index (χ2v) is 3.78. The summed E-state index contributed by atoms with van der Waals surface area (Å²) in [6.45, 7) is 4.07. The number of hydrogen-bond acceptors (Lipinski definition) is 3. The van der Waals surface area contributed by atoms with E-state index in [-0.39, 0.29) is 5.88 Å². The fourth-order valence-electron chi connectivity index (χ4n) is 1.63. The van der Waals surface area contributed by atoms with Gasteiger partial charge in [0.15, 0.2) is 0 Å². The summed E-state index contributed by atoms with van der Waals surface area (Å²) < 4.78 is 5.41. The van der Waals surface area contributed by atoms with Gasteiger partial charge in [-0.25, -0.2) is 0 Å². The van der Waals surface area contributed by atoms with Crippen LogP contribution < -0.4 is 10.5 Å². The Kier molecular flexibility index (Phi) is 2.12. The molecule has 2 rings (SSSR count). The lowest BCUT2D eigenvalue weighted by molar-refractivity contribution is 0.399. The van der Waals surface area contributed by atoms with Crippen molar-refractivity contribution < 1.29 is 4.74 Å². The zero-order valence-electron chi connectivity index (χ0n) is 8.79. The molecule has 0 aliphatic carbocycles. The van der Waals surface area contributed by atoms with E-state index in [0.717, 1.165) is 11.3 Å². The van der Waals surface area contributed by atoms with Gasteiger partial charge in [-0.15, -0.1) is 0 Å². The number of rotatable bonds is 0. The van der Waals surface area contributed by atoms with Crippen LogP contribution in [0.25, 0.3) is 0 Å². The predicted octanol–water partition coefficient (Wildman–Crippen LogP) is 1.93. The average molecular weight is 200 g/mol. The minimum absolute atomic E-state index is 0.230. The molecule has 1 heterocycles. The third-order valence-corrected chi connectivity index (χ3v) is 2.70. The molecule has 0 saturated heterocycles. The number of aryl methyl sites for hydroxylation is 2. The fourth-order valence-corrected chi connectivity index (χ4v) is 1.63. The summed E-state index contributed by atoms with van der Waals surface area (Å²) in [5, 5.41) is 8.84. The SMILES string of the molecule is Cc1cc2c(cc1C)OC(N)=C(C#N)C2. The molecule has 2 N–H and O–H groups in total. The normalized spacial score (nSPS) is 14.2. The van der Waals surface area contributed by atoms with Gasteiger partial charge in [0.1, 0.15) is 11.8 Å². The second-order valence-electron chi connectivity index (χ2n) is 3.78. The summed E-state index contributed by atoms with van der Waals surface area (Å²) in [6, 6.07) is 6.07. The Morgan fingerprint density at radius 2 is 2.00 bits per heavy atom. The standard InChI is InChI=1S/C12H12N2O/c1-7-3-9-5-10(6-13)12(14)15-11(9)4-8(7)2/h3-4H,5,14H2,1-2H3. The van der Waals surface area contributed by atoms with E-state index in [2.05, 4.69) is 12.1 Å². The molecule has 0 saturated carbocycles. The highest BCUT2D eigenvalue weighted by Crippen LogP contribution is 2.30. The summed E-state index contributed by atoms with van der Waals surface area (Å²) in [5.74, 6) is 1.00. The topological polar surface area (TPSA) is 59.0 Å². The van der Waals surface area contributed by atoms with Crippen molar-refractivity contribution in [2.24, 2.45) is 5.73 Å². The molecule has 3 heteroatoms. The largest absolute Gasteiger partial charge is 0.440 e. The maximum atomic E-state index is 8.84. The number of allylic oxidation sites excluding steroid dienone is 1. The summed E-state index contributed by atoms with van der Waals surface area (Å²) in [5.41, 5.74) is 9.54. The molecule has 1 aromatic carbocycles. The first-order valence-electron chi connectivity index (χ1n) is 4.78. The van der Waals surface area contributed by atoms with Crippen molar-refractivity contribution in [2.45, 2.75) is 20.3 Å². The van der Waals surface area contributed by atoms with Gasteiger partial charge in [-0.3, -0.25) is 0 Å². The predicted molar refractivity (Wildman–Crippen MR) is 57.1 cm³/mol. The molecule has 0 fully saturated rings. The van der Waals surface area contributed by atoms with Crippen LogP contribution in [-0.4, -0.2) is 0 Å². The van der Waals surface area contributed by atoms with Crippen LogP contribution in [0.15, 0.2) is 23.6 Å². The molecule has 0 unspecified atom stereocenters. The van der Waals surface area contributed by atoms with Crippen molar-refractivity contribution in [3.8, 4) is 11.8 Å². The van der Waals surface area contributed by atoms with E-state index in [4.69, 9.17) is 15.7 Å². The molecule has 0 radical (unpaired) electrons. The van der Waals surface area contributed by atoms with Crippen LogP contribution in [0.5, 0.6) is 5.75 Å². The van der Waals surface area contributed by atoms with Crippen LogP contribution in [0, 0.1) is 25.2 Å². The third-order valence-electron chi connectivity index (χ3n) is 2.70. The summed E-state index contributed by atoms with van der Waals surface area (Å²) in [4.78, 5) is 0. The molecular weight excluding hydrogens is 188 g/mol. The molecule has 76 valence electrons. The number of fused-ring (bicyclic) bond motifs is 1. The van der Waals surface area contributed by atoms with Gasteiger partial charge in [0.2, 0.25) is 5.88 Å². The van der Waals surface area contributed by atoms with Crippen molar-refractivity contribution in [3.05, 3.63) is 40.3 Å². The number of nitriles is 1. The Labute approximate surface area is 88.8 Å². The Balaban J connectivity index is 2.50. The van der Waals surface area contributed by atoms with Gasteiger partial charge in [0.25, 0.3) is 0 Å². The number of benzene rings is 1. The van der Waals surface area contributed by atoms with Gasteiger partial charge in [-0.05, 0) is 31.0 Å². The monoisotopic (exact) mass is 200 g/mol. The van der Waals surface area contributed by atoms with Crippen molar-refractivity contribution in [1.29, 1.82) is 5.26 Å². The van der Waals surface area contributed by atoms with Gasteiger partial charge >= 0.3 is 0 Å². The maximum Gasteiger partial charge on any atom is 0.205 e.